The van der Waals surface area contributed by atoms with Crippen LogP contribution in [-0.4, -0.2) is 21.0 Å². The molecule has 6 heteroatoms. The van der Waals surface area contributed by atoms with Gasteiger partial charge in [0.25, 0.3) is 0 Å². The summed E-state index contributed by atoms with van der Waals surface area (Å²) in [7, 11) is 0. The highest BCUT2D eigenvalue weighted by Gasteiger charge is 2.12. The first-order valence-corrected chi connectivity index (χ1v) is 8.29. The van der Waals surface area contributed by atoms with Gasteiger partial charge in [-0.05, 0) is 37.8 Å². The second kappa shape index (κ2) is 6.34. The van der Waals surface area contributed by atoms with Crippen molar-refractivity contribution in [3.8, 4) is 0 Å². The Balaban J connectivity index is 2.05. The van der Waals surface area contributed by atoms with Crippen molar-refractivity contribution < 1.29 is 0 Å². The number of rotatable bonds is 5. The predicted molar refractivity (Wildman–Crippen MR) is 82.6 cm³/mol. The maximum absolute atomic E-state index is 5.82. The highest BCUT2D eigenvalue weighted by atomic mass is 32.2. The fourth-order valence-corrected chi connectivity index (χ4v) is 3.18. The third-order valence-electron chi connectivity index (χ3n) is 2.73. The van der Waals surface area contributed by atoms with E-state index in [9.17, 15) is 0 Å². The molecule has 1 heterocycles. The molecule has 102 valence electrons. The van der Waals surface area contributed by atoms with Gasteiger partial charge in [-0.1, -0.05) is 23.9 Å². The van der Waals surface area contributed by atoms with Crippen molar-refractivity contribution in [1.29, 1.82) is 0 Å². The van der Waals surface area contributed by atoms with Crippen LogP contribution in [0, 0.1) is 0 Å². The zero-order valence-corrected chi connectivity index (χ0v) is 13.0. The van der Waals surface area contributed by atoms with Crippen molar-refractivity contribution in [3.63, 3.8) is 0 Å². The van der Waals surface area contributed by atoms with Crippen LogP contribution < -0.4 is 5.73 Å². The smallest absolute Gasteiger partial charge is 0.222 e. The zero-order valence-electron chi connectivity index (χ0n) is 11.3. The Kier molecular flexibility index (Phi) is 4.76. The molecule has 0 saturated carbocycles. The molecule has 0 radical (unpaired) electrons. The van der Waals surface area contributed by atoms with Crippen molar-refractivity contribution in [2.24, 2.45) is 0 Å². The minimum atomic E-state index is 0.274. The summed E-state index contributed by atoms with van der Waals surface area (Å²) in [5, 5.41) is 8.95. The monoisotopic (exact) mass is 294 g/mol. The lowest BCUT2D eigenvalue weighted by Gasteiger charge is -2.11. The van der Waals surface area contributed by atoms with E-state index in [1.807, 2.05) is 4.57 Å². The van der Waals surface area contributed by atoms with Crippen LogP contribution in [0.2, 0.25) is 0 Å². The van der Waals surface area contributed by atoms with Crippen LogP contribution >= 0.6 is 23.5 Å². The molecular formula is C13H18N4S2. The van der Waals surface area contributed by atoms with E-state index in [-0.39, 0.29) is 6.04 Å². The normalized spacial score (nSPS) is 11.2. The molecule has 1 aromatic carbocycles. The van der Waals surface area contributed by atoms with Crippen molar-refractivity contribution in [2.75, 3.05) is 12.0 Å². The lowest BCUT2D eigenvalue weighted by Crippen LogP contribution is -2.06. The molecule has 4 nitrogen and oxygen atoms in total. The molecule has 0 amide bonds. The van der Waals surface area contributed by atoms with Crippen LogP contribution in [0.4, 0.5) is 5.95 Å². The van der Waals surface area contributed by atoms with E-state index >= 15 is 0 Å². The maximum Gasteiger partial charge on any atom is 0.222 e. The van der Waals surface area contributed by atoms with Gasteiger partial charge in [0.05, 0.1) is 0 Å². The van der Waals surface area contributed by atoms with E-state index in [1.54, 1.807) is 23.5 Å². The number of thioether (sulfide) groups is 2. The maximum atomic E-state index is 5.82. The first-order valence-electron chi connectivity index (χ1n) is 6.08. The number of nitrogens with zero attached hydrogens (tertiary/aromatic N) is 3. The van der Waals surface area contributed by atoms with Gasteiger partial charge < -0.3 is 5.73 Å². The van der Waals surface area contributed by atoms with Gasteiger partial charge >= 0.3 is 0 Å². The van der Waals surface area contributed by atoms with Crippen LogP contribution in [0.1, 0.15) is 25.5 Å². The molecule has 0 spiro atoms. The van der Waals surface area contributed by atoms with Gasteiger partial charge in [0.15, 0.2) is 5.16 Å². The molecule has 0 unspecified atom stereocenters. The summed E-state index contributed by atoms with van der Waals surface area (Å²) in [4.78, 5) is 1.28. The number of benzene rings is 1. The molecule has 0 aliphatic heterocycles. The second-order valence-corrected chi connectivity index (χ2v) is 6.26. The molecule has 0 saturated heterocycles. The Hall–Kier alpha value is -1.14. The first kappa shape index (κ1) is 14.3. The van der Waals surface area contributed by atoms with E-state index in [0.29, 0.717) is 5.95 Å². The number of anilines is 1. The van der Waals surface area contributed by atoms with Gasteiger partial charge in [0.2, 0.25) is 5.95 Å². The van der Waals surface area contributed by atoms with Gasteiger partial charge in [-0.15, -0.1) is 22.0 Å². The highest BCUT2D eigenvalue weighted by Crippen LogP contribution is 2.26. The molecule has 0 aliphatic rings. The lowest BCUT2D eigenvalue weighted by atomic mass is 10.2. The summed E-state index contributed by atoms with van der Waals surface area (Å²) in [5.41, 5.74) is 7.10. The Morgan fingerprint density at radius 2 is 1.89 bits per heavy atom. The molecular weight excluding hydrogens is 276 g/mol. The van der Waals surface area contributed by atoms with Crippen molar-refractivity contribution in [3.05, 3.63) is 29.8 Å². The molecule has 0 aliphatic carbocycles. The number of aromatic nitrogens is 3. The fourth-order valence-electron chi connectivity index (χ4n) is 1.74. The molecule has 0 fully saturated rings. The largest absolute Gasteiger partial charge is 0.368 e. The number of hydrogen-bond donors (Lipinski definition) is 1. The van der Waals surface area contributed by atoms with Crippen LogP contribution in [0.3, 0.4) is 0 Å². The molecule has 2 N–H and O–H groups in total. The van der Waals surface area contributed by atoms with Gasteiger partial charge in [-0.3, -0.25) is 4.57 Å². The molecule has 0 atom stereocenters. The minimum absolute atomic E-state index is 0.274. The fraction of sp³-hybridized carbons (Fsp3) is 0.385. The molecule has 1 aromatic heterocycles. The van der Waals surface area contributed by atoms with E-state index in [2.05, 4.69) is 54.6 Å². The average molecular weight is 294 g/mol. The Morgan fingerprint density at radius 1 is 1.21 bits per heavy atom. The van der Waals surface area contributed by atoms with Crippen LogP contribution in [0.15, 0.2) is 34.3 Å². The molecule has 19 heavy (non-hydrogen) atoms. The molecule has 0 bridgehead atoms. The van der Waals surface area contributed by atoms with Gasteiger partial charge in [-0.25, -0.2) is 0 Å². The standard InChI is InChI=1S/C13H18N4S2/c1-9(2)17-12(14)15-16-13(17)19-8-10-4-6-11(18-3)7-5-10/h4-7,9H,8H2,1-3H3,(H2,14,15). The van der Waals surface area contributed by atoms with Crippen LogP contribution in [0.5, 0.6) is 0 Å². The average Bonchev–Trinajstić information content (AvgIpc) is 2.78. The SMILES string of the molecule is CSc1ccc(CSc2nnc(N)n2C(C)C)cc1. The summed E-state index contributed by atoms with van der Waals surface area (Å²) in [5.74, 6) is 1.36. The first-order chi connectivity index (χ1) is 9.11. The summed E-state index contributed by atoms with van der Waals surface area (Å²) in [6.45, 7) is 4.16. The van der Waals surface area contributed by atoms with E-state index < -0.39 is 0 Å². The van der Waals surface area contributed by atoms with E-state index in [1.165, 1.54) is 10.5 Å². The van der Waals surface area contributed by atoms with Crippen LogP contribution in [-0.2, 0) is 5.75 Å². The molecule has 2 aromatic rings. The Bertz CT molecular complexity index is 534. The highest BCUT2D eigenvalue weighted by molar-refractivity contribution is 7.98. The second-order valence-electron chi connectivity index (χ2n) is 4.44. The van der Waals surface area contributed by atoms with Crippen molar-refractivity contribution in [2.45, 2.75) is 35.7 Å². The quantitative estimate of drug-likeness (QED) is 0.856. The number of hydrogen-bond acceptors (Lipinski definition) is 5. The topological polar surface area (TPSA) is 56.7 Å². The van der Waals surface area contributed by atoms with E-state index in [0.717, 1.165) is 10.9 Å². The third kappa shape index (κ3) is 3.45. The summed E-state index contributed by atoms with van der Waals surface area (Å²) in [6.07, 6.45) is 2.08. The Morgan fingerprint density at radius 3 is 2.47 bits per heavy atom. The van der Waals surface area contributed by atoms with E-state index in [4.69, 9.17) is 5.73 Å². The summed E-state index contributed by atoms with van der Waals surface area (Å²) >= 11 is 3.42. The third-order valence-corrected chi connectivity index (χ3v) is 4.49. The Labute approximate surface area is 122 Å². The van der Waals surface area contributed by atoms with Gasteiger partial charge in [0.1, 0.15) is 0 Å². The van der Waals surface area contributed by atoms with Gasteiger partial charge in [-0.2, -0.15) is 0 Å². The minimum Gasteiger partial charge on any atom is -0.368 e. The van der Waals surface area contributed by atoms with Crippen molar-refractivity contribution in [1.82, 2.24) is 14.8 Å². The lowest BCUT2D eigenvalue weighted by molar-refractivity contribution is 0.557. The van der Waals surface area contributed by atoms with Crippen molar-refractivity contribution >= 4 is 29.5 Å². The summed E-state index contributed by atoms with van der Waals surface area (Å²) in [6, 6.07) is 8.86. The van der Waals surface area contributed by atoms with Crippen LogP contribution in [0.25, 0.3) is 0 Å². The summed E-state index contributed by atoms with van der Waals surface area (Å²) < 4.78 is 1.96. The zero-order chi connectivity index (χ0) is 13.8. The number of nitrogen functional groups attached to an aromatic ring is 1. The predicted octanol–water partition coefficient (Wildman–Crippen LogP) is 3.46. The number of nitrogens with two attached hydrogens (primary N) is 1. The van der Waals surface area contributed by atoms with Gasteiger partial charge in [0, 0.05) is 16.7 Å². The molecule has 2 rings (SSSR count).